The average Bonchev–Trinajstić information content (AvgIpc) is 3.20. The highest BCUT2D eigenvalue weighted by Crippen LogP contribution is 2.37. The molecule has 2 aliphatic carbocycles. The molecule has 1 heterocycles. The summed E-state index contributed by atoms with van der Waals surface area (Å²) in [5, 5.41) is 11.9. The van der Waals surface area contributed by atoms with Crippen molar-refractivity contribution in [2.45, 2.75) is 56.9 Å². The van der Waals surface area contributed by atoms with Crippen molar-refractivity contribution in [2.24, 2.45) is 11.8 Å². The van der Waals surface area contributed by atoms with Gasteiger partial charge in [-0.1, -0.05) is 12.8 Å². The van der Waals surface area contributed by atoms with Gasteiger partial charge in [-0.05, 0) is 38.5 Å². The molecule has 1 saturated heterocycles. The zero-order valence-electron chi connectivity index (χ0n) is 14.7. The maximum atomic E-state index is 12.3. The van der Waals surface area contributed by atoms with Crippen LogP contribution in [0.15, 0.2) is 0 Å². The van der Waals surface area contributed by atoms with E-state index in [4.69, 9.17) is 4.74 Å². The number of carbonyl (C=O) groups excluding carboxylic acids is 4. The molecule has 1 N–H and O–H groups in total. The summed E-state index contributed by atoms with van der Waals surface area (Å²) in [7, 11) is 0. The van der Waals surface area contributed by atoms with Crippen LogP contribution in [0.4, 0.5) is 0 Å². The van der Waals surface area contributed by atoms with Crippen molar-refractivity contribution in [1.29, 1.82) is 5.26 Å². The Morgan fingerprint density at radius 3 is 2.23 bits per heavy atom. The van der Waals surface area contributed by atoms with Crippen LogP contribution >= 0.6 is 0 Å². The van der Waals surface area contributed by atoms with E-state index in [1.165, 1.54) is 0 Å². The van der Waals surface area contributed by atoms with Crippen LogP contribution in [0.1, 0.15) is 51.4 Å². The largest absolute Gasteiger partial charge is 0.454 e. The van der Waals surface area contributed by atoms with Crippen LogP contribution in [0.25, 0.3) is 0 Å². The monoisotopic (exact) mass is 361 g/mol. The molecule has 3 rings (SSSR count). The van der Waals surface area contributed by atoms with Gasteiger partial charge in [0.1, 0.15) is 12.1 Å². The molecule has 0 unspecified atom stereocenters. The van der Waals surface area contributed by atoms with Crippen molar-refractivity contribution < 1.29 is 23.9 Å². The molecule has 0 aromatic rings. The van der Waals surface area contributed by atoms with E-state index in [0.717, 1.165) is 30.6 Å². The number of hydrogen-bond donors (Lipinski definition) is 1. The molecule has 8 heteroatoms. The third-order valence-electron chi connectivity index (χ3n) is 5.63. The molecular formula is C18H23N3O5. The molecule has 3 amide bonds. The van der Waals surface area contributed by atoms with Crippen LogP contribution in [0.3, 0.4) is 0 Å². The van der Waals surface area contributed by atoms with Gasteiger partial charge in [0.15, 0.2) is 6.61 Å². The third kappa shape index (κ3) is 3.57. The fraction of sp³-hybridized carbons (Fsp3) is 0.722. The molecule has 140 valence electrons. The fourth-order valence-corrected chi connectivity index (χ4v) is 4.25. The summed E-state index contributed by atoms with van der Waals surface area (Å²) >= 11 is 0. The number of rotatable bonds is 5. The molecule has 26 heavy (non-hydrogen) atoms. The van der Waals surface area contributed by atoms with Gasteiger partial charge in [-0.15, -0.1) is 0 Å². The minimum Gasteiger partial charge on any atom is -0.454 e. The van der Waals surface area contributed by atoms with Gasteiger partial charge in [0.2, 0.25) is 11.8 Å². The number of nitriles is 1. The summed E-state index contributed by atoms with van der Waals surface area (Å²) < 4.78 is 4.91. The number of hydrogen-bond acceptors (Lipinski definition) is 6. The zero-order valence-corrected chi connectivity index (χ0v) is 14.7. The van der Waals surface area contributed by atoms with Crippen molar-refractivity contribution in [3.05, 3.63) is 0 Å². The van der Waals surface area contributed by atoms with Gasteiger partial charge in [-0.25, -0.2) is 0 Å². The Morgan fingerprint density at radius 2 is 1.69 bits per heavy atom. The van der Waals surface area contributed by atoms with Crippen LogP contribution in [0, 0.1) is 23.2 Å². The fourth-order valence-electron chi connectivity index (χ4n) is 4.25. The SMILES string of the molecule is N#CC1(NC(=O)COC(=O)CN2C(=O)[C@H]3CCCC[C@@H]3C2=O)CCCC1. The molecule has 2 atom stereocenters. The van der Waals surface area contributed by atoms with Crippen molar-refractivity contribution in [2.75, 3.05) is 13.2 Å². The molecule has 3 aliphatic rings. The highest BCUT2D eigenvalue weighted by Gasteiger charge is 2.48. The Labute approximate surface area is 151 Å². The molecule has 1 aliphatic heterocycles. The van der Waals surface area contributed by atoms with E-state index in [-0.39, 0.29) is 23.7 Å². The van der Waals surface area contributed by atoms with Gasteiger partial charge < -0.3 is 10.1 Å². The Hall–Kier alpha value is -2.43. The van der Waals surface area contributed by atoms with Gasteiger partial charge in [0.25, 0.3) is 5.91 Å². The van der Waals surface area contributed by atoms with E-state index < -0.39 is 30.6 Å². The first-order valence-electron chi connectivity index (χ1n) is 9.19. The summed E-state index contributed by atoms with van der Waals surface area (Å²) in [5.74, 6) is -2.59. The normalized spacial score (nSPS) is 27.0. The summed E-state index contributed by atoms with van der Waals surface area (Å²) in [6.45, 7) is -0.979. The van der Waals surface area contributed by atoms with Gasteiger partial charge >= 0.3 is 5.97 Å². The molecule has 0 radical (unpaired) electrons. The average molecular weight is 361 g/mol. The van der Waals surface area contributed by atoms with Crippen LogP contribution in [-0.2, 0) is 23.9 Å². The molecular weight excluding hydrogens is 338 g/mol. The number of likely N-dealkylation sites (tertiary alicyclic amines) is 1. The number of nitrogens with zero attached hydrogens (tertiary/aromatic N) is 2. The quantitative estimate of drug-likeness (QED) is 0.568. The van der Waals surface area contributed by atoms with E-state index in [1.807, 2.05) is 0 Å². The predicted molar refractivity (Wildman–Crippen MR) is 88.1 cm³/mol. The standard InChI is InChI=1S/C18H23N3O5/c19-11-18(7-3-4-8-18)20-14(22)10-26-15(23)9-21-16(24)12-5-1-2-6-13(12)17(21)25/h12-13H,1-10H2,(H,20,22)/t12-,13-/m0/s1. The molecule has 8 nitrogen and oxygen atoms in total. The highest BCUT2D eigenvalue weighted by molar-refractivity contribution is 6.07. The Bertz CT molecular complexity index is 638. The van der Waals surface area contributed by atoms with E-state index in [2.05, 4.69) is 11.4 Å². The number of esters is 1. The maximum Gasteiger partial charge on any atom is 0.326 e. The number of amides is 3. The van der Waals surface area contributed by atoms with E-state index in [9.17, 15) is 24.4 Å². The Kier molecular flexibility index (Phi) is 5.25. The van der Waals surface area contributed by atoms with E-state index >= 15 is 0 Å². The van der Waals surface area contributed by atoms with Crippen LogP contribution in [0.2, 0.25) is 0 Å². The summed E-state index contributed by atoms with van der Waals surface area (Å²) in [6, 6.07) is 2.12. The molecule has 0 aromatic heterocycles. The number of imide groups is 1. The molecule has 2 saturated carbocycles. The first-order chi connectivity index (χ1) is 12.5. The number of ether oxygens (including phenoxy) is 1. The van der Waals surface area contributed by atoms with Gasteiger partial charge in [0, 0.05) is 0 Å². The number of nitrogens with one attached hydrogen (secondary N) is 1. The predicted octanol–water partition coefficient (Wildman–Crippen LogP) is 0.657. The minimum atomic E-state index is -0.875. The summed E-state index contributed by atoms with van der Waals surface area (Å²) in [4.78, 5) is 49.5. The van der Waals surface area contributed by atoms with Crippen molar-refractivity contribution >= 4 is 23.7 Å². The van der Waals surface area contributed by atoms with Crippen molar-refractivity contribution in [1.82, 2.24) is 10.2 Å². The Balaban J connectivity index is 1.48. The minimum absolute atomic E-state index is 0.310. The van der Waals surface area contributed by atoms with Crippen LogP contribution in [0.5, 0.6) is 0 Å². The number of fused-ring (bicyclic) bond motifs is 1. The van der Waals surface area contributed by atoms with Gasteiger partial charge in [0.05, 0.1) is 17.9 Å². The lowest BCUT2D eigenvalue weighted by molar-refractivity contribution is -0.155. The lowest BCUT2D eigenvalue weighted by atomic mass is 9.81. The smallest absolute Gasteiger partial charge is 0.326 e. The van der Waals surface area contributed by atoms with E-state index in [1.54, 1.807) is 0 Å². The highest BCUT2D eigenvalue weighted by atomic mass is 16.5. The van der Waals surface area contributed by atoms with Crippen LogP contribution in [-0.4, -0.2) is 47.3 Å². The maximum absolute atomic E-state index is 12.3. The molecule has 0 bridgehead atoms. The van der Waals surface area contributed by atoms with Crippen molar-refractivity contribution in [3.63, 3.8) is 0 Å². The summed E-state index contributed by atoms with van der Waals surface area (Å²) in [6.07, 6.45) is 6.10. The van der Waals surface area contributed by atoms with Gasteiger partial charge in [-0.2, -0.15) is 5.26 Å². The molecule has 0 spiro atoms. The van der Waals surface area contributed by atoms with Crippen LogP contribution < -0.4 is 5.32 Å². The lowest BCUT2D eigenvalue weighted by Gasteiger charge is -2.22. The number of carbonyl (C=O) groups is 4. The third-order valence-corrected chi connectivity index (χ3v) is 5.63. The molecule has 3 fully saturated rings. The second-order valence-corrected chi connectivity index (χ2v) is 7.37. The van der Waals surface area contributed by atoms with Crippen molar-refractivity contribution in [3.8, 4) is 6.07 Å². The first kappa shape index (κ1) is 18.4. The first-order valence-corrected chi connectivity index (χ1v) is 9.19. The second-order valence-electron chi connectivity index (χ2n) is 7.37. The topological polar surface area (TPSA) is 117 Å². The second kappa shape index (κ2) is 7.44. The lowest BCUT2D eigenvalue weighted by Crippen LogP contribution is -2.47. The van der Waals surface area contributed by atoms with E-state index in [0.29, 0.717) is 25.7 Å². The zero-order chi connectivity index (χ0) is 18.7. The van der Waals surface area contributed by atoms with Gasteiger partial charge in [-0.3, -0.25) is 24.1 Å². The Morgan fingerprint density at radius 1 is 1.12 bits per heavy atom. The summed E-state index contributed by atoms with van der Waals surface area (Å²) in [5.41, 5.74) is -0.875. The molecule has 0 aromatic carbocycles.